The zero-order valence-corrected chi connectivity index (χ0v) is 7.22. The molecule has 0 amide bonds. The van der Waals surface area contributed by atoms with Gasteiger partial charge in [-0.3, -0.25) is 25.2 Å². The Kier molecular flexibility index (Phi) is 2.83. The van der Waals surface area contributed by atoms with Crippen LogP contribution >= 0.6 is 0 Å². The fraction of sp³-hybridized carbons (Fsp3) is 0. The van der Waals surface area contributed by atoms with Gasteiger partial charge in [0.15, 0.2) is 0 Å². The molecular weight excluding hydrogens is 234 g/mol. The molecule has 0 saturated carbocycles. The van der Waals surface area contributed by atoms with Gasteiger partial charge in [-0.2, -0.15) is 4.39 Å². The third-order valence-corrected chi connectivity index (χ3v) is 1.63. The molecule has 0 bridgehead atoms. The molecule has 86 valence electrons. The molecule has 16 heavy (non-hydrogen) atoms. The minimum Gasteiger partial charge on any atom is -0.500 e. The van der Waals surface area contributed by atoms with E-state index in [-0.39, 0.29) is 6.07 Å². The van der Waals surface area contributed by atoms with Crippen LogP contribution in [-0.2, 0) is 0 Å². The van der Waals surface area contributed by atoms with E-state index in [1.54, 1.807) is 0 Å². The normalized spacial score (nSPS) is 9.88. The van der Waals surface area contributed by atoms with Crippen molar-refractivity contribution in [3.05, 3.63) is 32.1 Å². The molecule has 1 rings (SSSR count). The Morgan fingerprint density at radius 3 is 2.12 bits per heavy atom. The fourth-order valence-electron chi connectivity index (χ4n) is 0.944. The van der Waals surface area contributed by atoms with E-state index in [4.69, 9.17) is 5.11 Å². The molecule has 0 aliphatic rings. The van der Waals surface area contributed by atoms with Gasteiger partial charge in [-0.15, -0.1) is 0 Å². The zero-order valence-electron chi connectivity index (χ0n) is 7.22. The molecule has 0 saturated heterocycles. The predicted molar refractivity (Wildman–Crippen MR) is 43.1 cm³/mol. The van der Waals surface area contributed by atoms with Gasteiger partial charge in [0.1, 0.15) is 6.07 Å². The molecule has 8 nitrogen and oxygen atoms in total. The largest absolute Gasteiger partial charge is 0.500 e. The van der Waals surface area contributed by atoms with Gasteiger partial charge >= 0.3 is 11.4 Å². The Hall–Kier alpha value is -2.52. The second-order valence-electron chi connectivity index (χ2n) is 2.50. The first-order valence-electron chi connectivity index (χ1n) is 3.53. The molecule has 0 spiro atoms. The Morgan fingerprint density at radius 1 is 1.25 bits per heavy atom. The lowest BCUT2D eigenvalue weighted by Gasteiger charge is -2.01. The maximum Gasteiger partial charge on any atom is 0.325 e. The lowest BCUT2D eigenvalue weighted by molar-refractivity contribution is -0.396. The van der Waals surface area contributed by atoms with Gasteiger partial charge in [0, 0.05) is 4.53 Å². The summed E-state index contributed by atoms with van der Waals surface area (Å²) in [6.07, 6.45) is 0. The zero-order chi connectivity index (χ0) is 12.5. The van der Waals surface area contributed by atoms with Crippen molar-refractivity contribution >= 4 is 11.4 Å². The monoisotopic (exact) mass is 236 g/mol. The summed E-state index contributed by atoms with van der Waals surface area (Å²) >= 11 is 0. The highest BCUT2D eigenvalue weighted by Crippen LogP contribution is 2.41. The second kappa shape index (κ2) is 3.92. The van der Waals surface area contributed by atoms with Gasteiger partial charge in [0.25, 0.3) is 5.75 Å². The van der Waals surface area contributed by atoms with Crippen molar-refractivity contribution in [3.8, 4) is 11.5 Å². The summed E-state index contributed by atoms with van der Waals surface area (Å²) < 4.78 is 24.8. The number of halogens is 2. The lowest BCUT2D eigenvalue weighted by Crippen LogP contribution is -1.98. The number of nitro benzene ring substituents is 2. The van der Waals surface area contributed by atoms with Gasteiger partial charge in [0.2, 0.25) is 11.6 Å². The molecule has 0 radical (unpaired) electrons. The van der Waals surface area contributed by atoms with Gasteiger partial charge in [-0.1, -0.05) is 0 Å². The van der Waals surface area contributed by atoms with E-state index in [1.807, 2.05) is 0 Å². The average Bonchev–Trinajstić information content (AvgIpc) is 2.20. The summed E-state index contributed by atoms with van der Waals surface area (Å²) in [6.45, 7) is 0. The smallest absolute Gasteiger partial charge is 0.325 e. The Morgan fingerprint density at radius 2 is 1.75 bits per heavy atom. The lowest BCUT2D eigenvalue weighted by atomic mass is 10.2. The number of hydrogen-bond donors (Lipinski definition) is 1. The molecule has 0 unspecified atom stereocenters. The number of nitro groups is 2. The van der Waals surface area contributed by atoms with Crippen LogP contribution in [0.15, 0.2) is 6.07 Å². The standard InChI is InChI=1S/C6H2F2N2O6/c7-4-5(11)2(9(12)13)1-3(10(14)15)6(4)16-8/h1,11H. The van der Waals surface area contributed by atoms with Crippen LogP contribution in [0, 0.1) is 26.0 Å². The number of phenolic OH excluding ortho intramolecular Hbond substituents is 1. The quantitative estimate of drug-likeness (QED) is 0.629. The van der Waals surface area contributed by atoms with E-state index in [9.17, 15) is 29.1 Å². The van der Waals surface area contributed by atoms with Crippen molar-refractivity contribution in [1.29, 1.82) is 0 Å². The summed E-state index contributed by atoms with van der Waals surface area (Å²) in [7, 11) is 0. The highest BCUT2D eigenvalue weighted by molar-refractivity contribution is 5.61. The van der Waals surface area contributed by atoms with Gasteiger partial charge in [-0.25, -0.2) is 0 Å². The molecule has 0 atom stereocenters. The van der Waals surface area contributed by atoms with E-state index in [0.717, 1.165) is 0 Å². The number of hydrogen-bond acceptors (Lipinski definition) is 6. The topological polar surface area (TPSA) is 116 Å². The minimum absolute atomic E-state index is 0.188. The van der Waals surface area contributed by atoms with Crippen LogP contribution in [0.1, 0.15) is 0 Å². The summed E-state index contributed by atoms with van der Waals surface area (Å²) in [5.41, 5.74) is -2.56. The van der Waals surface area contributed by atoms with Crippen LogP contribution < -0.4 is 4.94 Å². The molecule has 0 aliphatic carbocycles. The van der Waals surface area contributed by atoms with Gasteiger partial charge < -0.3 is 5.11 Å². The number of benzene rings is 1. The Labute approximate surface area is 84.9 Å². The van der Waals surface area contributed by atoms with Crippen LogP contribution in [-0.4, -0.2) is 15.0 Å². The van der Waals surface area contributed by atoms with Crippen LogP contribution in [0.3, 0.4) is 0 Å². The van der Waals surface area contributed by atoms with E-state index in [1.165, 1.54) is 0 Å². The summed E-state index contributed by atoms with van der Waals surface area (Å²) in [6, 6.07) is 0.188. The minimum atomic E-state index is -1.91. The highest BCUT2D eigenvalue weighted by atomic mass is 19.3. The fourth-order valence-corrected chi connectivity index (χ4v) is 0.944. The second-order valence-corrected chi connectivity index (χ2v) is 2.50. The number of rotatable bonds is 3. The third-order valence-electron chi connectivity index (χ3n) is 1.63. The van der Waals surface area contributed by atoms with Crippen molar-refractivity contribution in [2.45, 2.75) is 0 Å². The summed E-state index contributed by atoms with van der Waals surface area (Å²) in [5.74, 6) is -4.97. The maximum atomic E-state index is 13.0. The van der Waals surface area contributed by atoms with Crippen LogP contribution in [0.5, 0.6) is 11.5 Å². The molecule has 0 fully saturated rings. The van der Waals surface area contributed by atoms with Gasteiger partial charge in [-0.05, 0) is 0 Å². The Bertz CT molecular complexity index is 477. The molecule has 1 aromatic carbocycles. The molecule has 0 heterocycles. The van der Waals surface area contributed by atoms with E-state index >= 15 is 0 Å². The third kappa shape index (κ3) is 1.67. The number of nitrogens with zero attached hydrogens (tertiary/aromatic N) is 2. The molecule has 1 aromatic rings. The number of aromatic hydroxyl groups is 1. The molecular formula is C6H2F2N2O6. The average molecular weight is 236 g/mol. The van der Waals surface area contributed by atoms with Crippen LogP contribution in [0.2, 0.25) is 0 Å². The first kappa shape index (κ1) is 11.6. The van der Waals surface area contributed by atoms with Crippen LogP contribution in [0.4, 0.5) is 20.3 Å². The van der Waals surface area contributed by atoms with E-state index in [0.29, 0.717) is 0 Å². The van der Waals surface area contributed by atoms with Crippen molar-refractivity contribution in [2.75, 3.05) is 0 Å². The van der Waals surface area contributed by atoms with Crippen LogP contribution in [0.25, 0.3) is 0 Å². The molecule has 10 heteroatoms. The van der Waals surface area contributed by atoms with Crippen molar-refractivity contribution in [3.63, 3.8) is 0 Å². The van der Waals surface area contributed by atoms with Crippen molar-refractivity contribution in [1.82, 2.24) is 0 Å². The Balaban J connectivity index is 3.62. The SMILES string of the molecule is O=[N+]([O-])c1cc([N+](=O)[O-])c(OF)c(F)c1O. The molecule has 0 aromatic heterocycles. The van der Waals surface area contributed by atoms with Crippen molar-refractivity contribution < 1.29 is 28.8 Å². The first-order valence-corrected chi connectivity index (χ1v) is 3.53. The first-order chi connectivity index (χ1) is 7.40. The van der Waals surface area contributed by atoms with E-state index < -0.39 is 38.5 Å². The summed E-state index contributed by atoms with van der Waals surface area (Å²) in [5, 5.41) is 29.5. The molecule has 1 N–H and O–H groups in total. The maximum absolute atomic E-state index is 13.0. The highest BCUT2D eigenvalue weighted by Gasteiger charge is 2.32. The summed E-state index contributed by atoms with van der Waals surface area (Å²) in [4.78, 5) is 20.9. The molecule has 0 aliphatic heterocycles. The van der Waals surface area contributed by atoms with E-state index in [2.05, 4.69) is 4.94 Å². The predicted octanol–water partition coefficient (Wildman–Crippen LogP) is 1.61. The van der Waals surface area contributed by atoms with Crippen molar-refractivity contribution in [2.24, 2.45) is 0 Å². The van der Waals surface area contributed by atoms with Gasteiger partial charge in [0.05, 0.1) is 9.85 Å². The number of phenols is 1.